The van der Waals surface area contributed by atoms with Gasteiger partial charge in [-0.05, 0) is 32.8 Å². The number of carbonyl (C=O) groups excluding carboxylic acids is 1. The summed E-state index contributed by atoms with van der Waals surface area (Å²) in [4.78, 5) is 18.2. The number of hydrogen-bond acceptors (Lipinski definition) is 7. The standard InChI is InChI=1S/C21H23FN2O5S/c1-12-17(30-11-23-12)9-28-14-7-15-18(13(2)29-19(15)16(22)8-14)20(26)24-21(10-25)3-5-27-6-4-21/h7-8,11,25H,3-6,9-10H2,1-2H3,(H,24,26). The molecule has 30 heavy (non-hydrogen) atoms. The van der Waals surface area contributed by atoms with Crippen molar-refractivity contribution in [1.29, 1.82) is 0 Å². The quantitative estimate of drug-likeness (QED) is 0.617. The number of rotatable bonds is 6. The number of aryl methyl sites for hydroxylation is 2. The Labute approximate surface area is 176 Å². The molecule has 1 amide bonds. The Balaban J connectivity index is 1.64. The number of aliphatic hydroxyl groups is 1. The Hall–Kier alpha value is -2.49. The van der Waals surface area contributed by atoms with Crippen LogP contribution in [0.25, 0.3) is 11.0 Å². The number of amides is 1. The predicted molar refractivity (Wildman–Crippen MR) is 109 cm³/mol. The van der Waals surface area contributed by atoms with Crippen LogP contribution in [0.15, 0.2) is 22.1 Å². The summed E-state index contributed by atoms with van der Waals surface area (Å²) in [5.74, 6) is -0.423. The first kappa shape index (κ1) is 20.8. The van der Waals surface area contributed by atoms with Gasteiger partial charge in [-0.15, -0.1) is 11.3 Å². The summed E-state index contributed by atoms with van der Waals surface area (Å²) in [6, 6.07) is 2.85. The number of carbonyl (C=O) groups is 1. The number of fused-ring (bicyclic) bond motifs is 1. The molecule has 1 saturated heterocycles. The van der Waals surface area contributed by atoms with Gasteiger partial charge in [0, 0.05) is 24.7 Å². The fourth-order valence-corrected chi connectivity index (χ4v) is 4.31. The molecule has 0 unspecified atom stereocenters. The van der Waals surface area contributed by atoms with Gasteiger partial charge in [0.25, 0.3) is 5.91 Å². The first-order valence-electron chi connectivity index (χ1n) is 9.68. The molecule has 7 nitrogen and oxygen atoms in total. The van der Waals surface area contributed by atoms with Crippen molar-refractivity contribution in [3.63, 3.8) is 0 Å². The lowest BCUT2D eigenvalue weighted by molar-refractivity contribution is 0.0125. The normalized spacial score (nSPS) is 16.0. The van der Waals surface area contributed by atoms with E-state index in [2.05, 4.69) is 10.3 Å². The Morgan fingerprint density at radius 2 is 2.13 bits per heavy atom. The van der Waals surface area contributed by atoms with Crippen molar-refractivity contribution in [1.82, 2.24) is 10.3 Å². The largest absolute Gasteiger partial charge is 0.488 e. The van der Waals surface area contributed by atoms with E-state index >= 15 is 0 Å². The smallest absolute Gasteiger partial charge is 0.255 e. The highest BCUT2D eigenvalue weighted by molar-refractivity contribution is 7.09. The fourth-order valence-electron chi connectivity index (χ4n) is 3.62. The highest BCUT2D eigenvalue weighted by atomic mass is 32.1. The number of furan rings is 1. The molecule has 1 aliphatic rings. The van der Waals surface area contributed by atoms with Crippen molar-refractivity contribution in [2.24, 2.45) is 0 Å². The lowest BCUT2D eigenvalue weighted by Crippen LogP contribution is -2.54. The molecule has 1 aromatic carbocycles. The highest BCUT2D eigenvalue weighted by Crippen LogP contribution is 2.33. The van der Waals surface area contributed by atoms with E-state index in [9.17, 15) is 14.3 Å². The van der Waals surface area contributed by atoms with E-state index in [4.69, 9.17) is 13.9 Å². The molecule has 2 N–H and O–H groups in total. The molecule has 1 aliphatic heterocycles. The van der Waals surface area contributed by atoms with Gasteiger partial charge in [0.15, 0.2) is 11.4 Å². The summed E-state index contributed by atoms with van der Waals surface area (Å²) < 4.78 is 31.3. The number of nitrogens with zero attached hydrogens (tertiary/aromatic N) is 1. The predicted octanol–water partition coefficient (Wildman–Crippen LogP) is 3.50. The van der Waals surface area contributed by atoms with Gasteiger partial charge in [0.05, 0.1) is 33.8 Å². The Morgan fingerprint density at radius 1 is 1.37 bits per heavy atom. The maximum atomic E-state index is 14.7. The minimum Gasteiger partial charge on any atom is -0.488 e. The molecule has 0 spiro atoms. The fraction of sp³-hybridized carbons (Fsp3) is 0.429. The van der Waals surface area contributed by atoms with Crippen LogP contribution in [0.2, 0.25) is 0 Å². The summed E-state index contributed by atoms with van der Waals surface area (Å²) in [6.45, 7) is 4.46. The number of thiazole rings is 1. The highest BCUT2D eigenvalue weighted by Gasteiger charge is 2.35. The Morgan fingerprint density at radius 3 is 2.80 bits per heavy atom. The van der Waals surface area contributed by atoms with Crippen molar-refractivity contribution in [2.75, 3.05) is 19.8 Å². The van der Waals surface area contributed by atoms with Gasteiger partial charge >= 0.3 is 0 Å². The maximum Gasteiger partial charge on any atom is 0.255 e. The third kappa shape index (κ3) is 3.92. The number of hydrogen-bond donors (Lipinski definition) is 2. The lowest BCUT2D eigenvalue weighted by Gasteiger charge is -2.36. The molecule has 3 heterocycles. The van der Waals surface area contributed by atoms with Gasteiger partial charge in [-0.2, -0.15) is 0 Å². The Bertz CT molecular complexity index is 1070. The van der Waals surface area contributed by atoms with E-state index in [0.29, 0.717) is 43.0 Å². The minimum absolute atomic E-state index is 0.00370. The Kier molecular flexibility index (Phi) is 5.77. The third-order valence-electron chi connectivity index (χ3n) is 5.47. The van der Waals surface area contributed by atoms with Crippen LogP contribution in [-0.4, -0.2) is 41.4 Å². The van der Waals surface area contributed by atoms with Gasteiger partial charge in [-0.25, -0.2) is 9.37 Å². The van der Waals surface area contributed by atoms with Crippen LogP contribution in [0.5, 0.6) is 5.75 Å². The molecule has 9 heteroatoms. The monoisotopic (exact) mass is 434 g/mol. The van der Waals surface area contributed by atoms with Gasteiger partial charge in [-0.3, -0.25) is 4.79 Å². The molecule has 3 aromatic rings. The van der Waals surface area contributed by atoms with E-state index in [1.54, 1.807) is 18.5 Å². The zero-order chi connectivity index (χ0) is 21.3. The van der Waals surface area contributed by atoms with Crippen molar-refractivity contribution in [3.05, 3.63) is 45.4 Å². The van der Waals surface area contributed by atoms with E-state index in [0.717, 1.165) is 10.6 Å². The average Bonchev–Trinajstić information content (AvgIpc) is 3.29. The summed E-state index contributed by atoms with van der Waals surface area (Å²) in [5, 5.41) is 13.1. The van der Waals surface area contributed by atoms with Crippen LogP contribution in [0.1, 0.15) is 39.5 Å². The molecular formula is C21H23FN2O5S. The van der Waals surface area contributed by atoms with E-state index in [1.807, 2.05) is 6.92 Å². The van der Waals surface area contributed by atoms with Crippen molar-refractivity contribution < 1.29 is 28.2 Å². The van der Waals surface area contributed by atoms with Crippen LogP contribution in [0.4, 0.5) is 4.39 Å². The average molecular weight is 434 g/mol. The lowest BCUT2D eigenvalue weighted by atomic mass is 9.90. The number of aromatic nitrogens is 1. The van der Waals surface area contributed by atoms with Gasteiger partial charge in [-0.1, -0.05) is 0 Å². The van der Waals surface area contributed by atoms with Crippen LogP contribution in [0, 0.1) is 19.7 Å². The van der Waals surface area contributed by atoms with Crippen LogP contribution < -0.4 is 10.1 Å². The maximum absolute atomic E-state index is 14.7. The number of ether oxygens (including phenoxy) is 2. The first-order valence-corrected chi connectivity index (χ1v) is 10.6. The molecule has 160 valence electrons. The number of halogens is 1. The topological polar surface area (TPSA) is 93.8 Å². The summed E-state index contributed by atoms with van der Waals surface area (Å²) in [6.07, 6.45) is 1.00. The number of aliphatic hydroxyl groups excluding tert-OH is 1. The second-order valence-corrected chi connectivity index (χ2v) is 8.41. The summed E-state index contributed by atoms with van der Waals surface area (Å²) in [7, 11) is 0. The third-order valence-corrected chi connectivity index (χ3v) is 6.38. The first-order chi connectivity index (χ1) is 14.4. The second kappa shape index (κ2) is 8.33. The van der Waals surface area contributed by atoms with Crippen molar-refractivity contribution >= 4 is 28.2 Å². The van der Waals surface area contributed by atoms with Crippen LogP contribution >= 0.6 is 11.3 Å². The van der Waals surface area contributed by atoms with Gasteiger partial charge in [0.2, 0.25) is 0 Å². The molecule has 1 fully saturated rings. The molecule has 2 aromatic heterocycles. The molecule has 0 bridgehead atoms. The summed E-state index contributed by atoms with van der Waals surface area (Å²) >= 11 is 1.46. The van der Waals surface area contributed by atoms with E-state index in [-0.39, 0.29) is 24.4 Å². The van der Waals surface area contributed by atoms with Crippen LogP contribution in [-0.2, 0) is 11.3 Å². The zero-order valence-electron chi connectivity index (χ0n) is 16.8. The number of benzene rings is 1. The van der Waals surface area contributed by atoms with Gasteiger partial charge < -0.3 is 24.3 Å². The van der Waals surface area contributed by atoms with Crippen LogP contribution in [0.3, 0.4) is 0 Å². The molecule has 0 atom stereocenters. The number of nitrogens with one attached hydrogen (secondary N) is 1. The molecular weight excluding hydrogens is 411 g/mol. The van der Waals surface area contributed by atoms with E-state index in [1.165, 1.54) is 17.4 Å². The molecule has 4 rings (SSSR count). The molecule has 0 aliphatic carbocycles. The SMILES string of the molecule is Cc1ncsc1COc1cc(F)c2oc(C)c(C(=O)NC3(CO)CCOCC3)c2c1. The van der Waals surface area contributed by atoms with E-state index < -0.39 is 17.3 Å². The zero-order valence-corrected chi connectivity index (χ0v) is 17.6. The van der Waals surface area contributed by atoms with Crippen molar-refractivity contribution in [3.8, 4) is 5.75 Å². The summed E-state index contributed by atoms with van der Waals surface area (Å²) in [5.41, 5.74) is 2.08. The van der Waals surface area contributed by atoms with Crippen molar-refractivity contribution in [2.45, 2.75) is 38.8 Å². The second-order valence-electron chi connectivity index (χ2n) is 7.47. The molecule has 0 saturated carbocycles. The minimum atomic E-state index is -0.762. The molecule has 0 radical (unpaired) electrons. The van der Waals surface area contributed by atoms with Gasteiger partial charge in [0.1, 0.15) is 18.1 Å².